The molecule has 0 saturated heterocycles. The smallest absolute Gasteiger partial charge is 0.192 e. The molecular weight excluding hydrogens is 342 g/mol. The first-order chi connectivity index (χ1) is 13.0. The summed E-state index contributed by atoms with van der Waals surface area (Å²) >= 11 is 0. The zero-order valence-corrected chi connectivity index (χ0v) is 16.8. The van der Waals surface area contributed by atoms with Crippen LogP contribution in [0.15, 0.2) is 15.6 Å². The summed E-state index contributed by atoms with van der Waals surface area (Å²) in [6.07, 6.45) is 6.24. The Labute approximate surface area is 160 Å². The van der Waals surface area contributed by atoms with Crippen LogP contribution in [0.25, 0.3) is 0 Å². The lowest BCUT2D eigenvalue weighted by atomic mass is 9.96. The molecule has 2 aromatic heterocycles. The third kappa shape index (κ3) is 5.30. The number of nitrogens with zero attached hydrogens (tertiary/aromatic N) is 5. The molecule has 0 bridgehead atoms. The van der Waals surface area contributed by atoms with Crippen molar-refractivity contribution in [3.63, 3.8) is 0 Å². The molecule has 1 saturated carbocycles. The Kier molecular flexibility index (Phi) is 6.47. The summed E-state index contributed by atoms with van der Waals surface area (Å²) in [7, 11) is 1.96. The molecule has 0 radical (unpaired) electrons. The molecule has 3 rings (SSSR count). The van der Waals surface area contributed by atoms with Gasteiger partial charge in [0.15, 0.2) is 17.5 Å². The molecule has 0 amide bonds. The molecular formula is C19H31N7O. The van der Waals surface area contributed by atoms with E-state index in [1.165, 1.54) is 32.1 Å². The summed E-state index contributed by atoms with van der Waals surface area (Å²) in [6, 6.07) is 2.47. The summed E-state index contributed by atoms with van der Waals surface area (Å²) in [4.78, 5) is 4.73. The molecule has 8 nitrogen and oxygen atoms in total. The lowest BCUT2D eigenvalue weighted by Crippen LogP contribution is -2.44. The van der Waals surface area contributed by atoms with E-state index in [-0.39, 0.29) is 0 Å². The lowest BCUT2D eigenvalue weighted by molar-refractivity contribution is 0.370. The van der Waals surface area contributed by atoms with Gasteiger partial charge in [-0.3, -0.25) is 0 Å². The third-order valence-corrected chi connectivity index (χ3v) is 5.11. The van der Waals surface area contributed by atoms with Crippen molar-refractivity contribution in [3.05, 3.63) is 29.2 Å². The first-order valence-corrected chi connectivity index (χ1v) is 9.88. The number of aryl methyl sites for hydroxylation is 1. The Bertz CT molecular complexity index is 756. The number of hydrogen-bond donors (Lipinski definition) is 2. The van der Waals surface area contributed by atoms with Crippen LogP contribution < -0.4 is 10.6 Å². The third-order valence-electron chi connectivity index (χ3n) is 5.11. The van der Waals surface area contributed by atoms with Gasteiger partial charge in [0.25, 0.3) is 0 Å². The highest BCUT2D eigenvalue weighted by molar-refractivity contribution is 5.80. The molecule has 0 unspecified atom stereocenters. The number of aromatic nitrogens is 4. The average Bonchev–Trinajstić information content (AvgIpc) is 3.26. The standard InChI is InChI=1S/C19H31N7O/c1-13(2)17-10-16(27-25-17)11-20-19(22-15-8-6-5-7-9-15)21-12-18-24-23-14(3)26(18)4/h10,13,15H,5-9,11-12H2,1-4H3,(H2,20,21,22). The van der Waals surface area contributed by atoms with Crippen molar-refractivity contribution >= 4 is 5.96 Å². The molecule has 148 valence electrons. The Morgan fingerprint density at radius 1 is 1.30 bits per heavy atom. The van der Waals surface area contributed by atoms with Crippen molar-refractivity contribution in [2.75, 3.05) is 0 Å². The van der Waals surface area contributed by atoms with Gasteiger partial charge in [0, 0.05) is 19.2 Å². The number of guanidine groups is 1. The first-order valence-electron chi connectivity index (χ1n) is 9.88. The number of nitrogens with one attached hydrogen (secondary N) is 2. The Balaban J connectivity index is 1.65. The van der Waals surface area contributed by atoms with E-state index >= 15 is 0 Å². The fourth-order valence-electron chi connectivity index (χ4n) is 3.19. The zero-order chi connectivity index (χ0) is 19.2. The van der Waals surface area contributed by atoms with Gasteiger partial charge in [-0.1, -0.05) is 38.3 Å². The van der Waals surface area contributed by atoms with Crippen LogP contribution in [-0.2, 0) is 20.1 Å². The fraction of sp³-hybridized carbons (Fsp3) is 0.684. The van der Waals surface area contributed by atoms with E-state index in [2.05, 4.69) is 39.8 Å². The first kappa shape index (κ1) is 19.4. The summed E-state index contributed by atoms with van der Waals surface area (Å²) in [5.41, 5.74) is 0.972. The van der Waals surface area contributed by atoms with E-state index in [9.17, 15) is 0 Å². The van der Waals surface area contributed by atoms with Crippen molar-refractivity contribution in [1.29, 1.82) is 0 Å². The predicted octanol–water partition coefficient (Wildman–Crippen LogP) is 2.80. The van der Waals surface area contributed by atoms with Gasteiger partial charge in [0.1, 0.15) is 12.4 Å². The average molecular weight is 374 g/mol. The van der Waals surface area contributed by atoms with Crippen molar-refractivity contribution in [2.45, 2.75) is 77.9 Å². The van der Waals surface area contributed by atoms with Gasteiger partial charge in [-0.2, -0.15) is 0 Å². The largest absolute Gasteiger partial charge is 0.359 e. The molecule has 0 spiro atoms. The van der Waals surface area contributed by atoms with Crippen molar-refractivity contribution in [2.24, 2.45) is 12.0 Å². The second kappa shape index (κ2) is 9.01. The van der Waals surface area contributed by atoms with Crippen LogP contribution >= 0.6 is 0 Å². The monoisotopic (exact) mass is 373 g/mol. The van der Waals surface area contributed by atoms with Crippen molar-refractivity contribution in [3.8, 4) is 0 Å². The van der Waals surface area contributed by atoms with Crippen LogP contribution in [0.5, 0.6) is 0 Å². The highest BCUT2D eigenvalue weighted by Crippen LogP contribution is 2.17. The van der Waals surface area contributed by atoms with Gasteiger partial charge in [-0.25, -0.2) is 4.99 Å². The predicted molar refractivity (Wildman–Crippen MR) is 104 cm³/mol. The summed E-state index contributed by atoms with van der Waals surface area (Å²) < 4.78 is 7.40. The van der Waals surface area contributed by atoms with Crippen LogP contribution in [0.3, 0.4) is 0 Å². The van der Waals surface area contributed by atoms with E-state index in [1.807, 2.05) is 24.6 Å². The summed E-state index contributed by atoms with van der Waals surface area (Å²) in [5, 5.41) is 19.4. The molecule has 1 aliphatic rings. The maximum absolute atomic E-state index is 5.43. The maximum Gasteiger partial charge on any atom is 0.192 e. The zero-order valence-electron chi connectivity index (χ0n) is 16.8. The Morgan fingerprint density at radius 2 is 2.07 bits per heavy atom. The minimum Gasteiger partial charge on any atom is -0.359 e. The topological polar surface area (TPSA) is 93.2 Å². The van der Waals surface area contributed by atoms with Gasteiger partial charge in [0.05, 0.1) is 12.2 Å². The molecule has 8 heteroatoms. The summed E-state index contributed by atoms with van der Waals surface area (Å²) in [5.74, 6) is 3.68. The van der Waals surface area contributed by atoms with Crippen LogP contribution in [0.2, 0.25) is 0 Å². The van der Waals surface area contributed by atoms with Gasteiger partial charge in [-0.15, -0.1) is 10.2 Å². The number of aliphatic imine (C=N–C) groups is 1. The molecule has 0 atom stereocenters. The highest BCUT2D eigenvalue weighted by atomic mass is 16.5. The lowest BCUT2D eigenvalue weighted by Gasteiger charge is -2.24. The second-order valence-electron chi connectivity index (χ2n) is 7.59. The maximum atomic E-state index is 5.43. The Hall–Kier alpha value is -2.38. The highest BCUT2D eigenvalue weighted by Gasteiger charge is 2.16. The summed E-state index contributed by atoms with van der Waals surface area (Å²) in [6.45, 7) is 7.18. The SMILES string of the molecule is Cc1nnc(CN=C(NCc2cc(C(C)C)no2)NC2CCCCC2)n1C. The quantitative estimate of drug-likeness (QED) is 0.597. The molecule has 1 aliphatic carbocycles. The normalized spacial score (nSPS) is 16.1. The van der Waals surface area contributed by atoms with E-state index in [1.54, 1.807) is 0 Å². The molecule has 2 N–H and O–H groups in total. The van der Waals surface area contributed by atoms with Gasteiger partial charge < -0.3 is 19.7 Å². The van der Waals surface area contributed by atoms with E-state index in [0.29, 0.717) is 25.0 Å². The molecule has 2 heterocycles. The van der Waals surface area contributed by atoms with Crippen LogP contribution in [0.4, 0.5) is 0 Å². The van der Waals surface area contributed by atoms with E-state index in [4.69, 9.17) is 9.52 Å². The fourth-order valence-corrected chi connectivity index (χ4v) is 3.19. The van der Waals surface area contributed by atoms with Crippen LogP contribution in [0.1, 0.15) is 75.0 Å². The second-order valence-corrected chi connectivity index (χ2v) is 7.59. The van der Waals surface area contributed by atoms with Crippen LogP contribution in [0, 0.1) is 6.92 Å². The molecule has 0 aliphatic heterocycles. The molecule has 2 aromatic rings. The number of rotatable bonds is 6. The minimum absolute atomic E-state index is 0.357. The number of hydrogen-bond acceptors (Lipinski definition) is 5. The molecule has 0 aromatic carbocycles. The van der Waals surface area contributed by atoms with Gasteiger partial charge in [-0.05, 0) is 25.7 Å². The molecule has 1 fully saturated rings. The van der Waals surface area contributed by atoms with Gasteiger partial charge in [0.2, 0.25) is 0 Å². The van der Waals surface area contributed by atoms with E-state index in [0.717, 1.165) is 29.1 Å². The Morgan fingerprint density at radius 3 is 2.70 bits per heavy atom. The van der Waals surface area contributed by atoms with Gasteiger partial charge >= 0.3 is 0 Å². The van der Waals surface area contributed by atoms with Crippen molar-refractivity contribution < 1.29 is 4.52 Å². The van der Waals surface area contributed by atoms with E-state index < -0.39 is 0 Å². The van der Waals surface area contributed by atoms with Crippen molar-refractivity contribution in [1.82, 2.24) is 30.6 Å². The molecule has 27 heavy (non-hydrogen) atoms. The van der Waals surface area contributed by atoms with Crippen LogP contribution in [-0.4, -0.2) is 31.9 Å². The minimum atomic E-state index is 0.357.